The molecule has 134 valence electrons. The lowest BCUT2D eigenvalue weighted by Gasteiger charge is -2.19. The van der Waals surface area contributed by atoms with Crippen molar-refractivity contribution in [3.63, 3.8) is 0 Å². The van der Waals surface area contributed by atoms with Crippen LogP contribution in [0.25, 0.3) is 0 Å². The van der Waals surface area contributed by atoms with Gasteiger partial charge in [0, 0.05) is 16.4 Å². The van der Waals surface area contributed by atoms with Crippen LogP contribution in [0.5, 0.6) is 0 Å². The number of ether oxygens (including phenoxy) is 1. The summed E-state index contributed by atoms with van der Waals surface area (Å²) in [5, 5.41) is 5.38. The first-order chi connectivity index (χ1) is 12.0. The van der Waals surface area contributed by atoms with Crippen molar-refractivity contribution in [3.8, 4) is 0 Å². The number of thiophene rings is 1. The van der Waals surface area contributed by atoms with Crippen LogP contribution in [-0.2, 0) is 20.7 Å². The number of carbonyl (C=O) groups is 2. The SMILES string of the molecule is CC(C)[C@@H](C(=O)OCC(=O)NCCc1cccs1)c1ccc(Cl)cc1. The van der Waals surface area contributed by atoms with Crippen LogP contribution in [0.3, 0.4) is 0 Å². The van der Waals surface area contributed by atoms with Gasteiger partial charge in [-0.05, 0) is 41.5 Å². The number of halogens is 1. The summed E-state index contributed by atoms with van der Waals surface area (Å²) in [6, 6.07) is 11.1. The molecule has 1 amide bonds. The van der Waals surface area contributed by atoms with Crippen molar-refractivity contribution >= 4 is 34.8 Å². The van der Waals surface area contributed by atoms with E-state index in [1.807, 2.05) is 43.5 Å². The van der Waals surface area contributed by atoms with Gasteiger partial charge in [-0.1, -0.05) is 43.6 Å². The Balaban J connectivity index is 1.82. The maximum absolute atomic E-state index is 12.4. The summed E-state index contributed by atoms with van der Waals surface area (Å²) in [4.78, 5) is 25.5. The van der Waals surface area contributed by atoms with E-state index in [0.29, 0.717) is 11.6 Å². The maximum Gasteiger partial charge on any atom is 0.314 e. The van der Waals surface area contributed by atoms with Crippen molar-refractivity contribution in [2.75, 3.05) is 13.2 Å². The van der Waals surface area contributed by atoms with Crippen LogP contribution < -0.4 is 5.32 Å². The molecule has 2 rings (SSSR count). The summed E-state index contributed by atoms with van der Waals surface area (Å²) in [6.45, 7) is 4.16. The van der Waals surface area contributed by atoms with Gasteiger partial charge < -0.3 is 10.1 Å². The molecule has 25 heavy (non-hydrogen) atoms. The van der Waals surface area contributed by atoms with Crippen LogP contribution >= 0.6 is 22.9 Å². The Bertz CT molecular complexity index is 683. The summed E-state index contributed by atoms with van der Waals surface area (Å²) in [5.74, 6) is -1.05. The largest absolute Gasteiger partial charge is 0.455 e. The Morgan fingerprint density at radius 1 is 1.20 bits per heavy atom. The van der Waals surface area contributed by atoms with E-state index in [9.17, 15) is 9.59 Å². The quantitative estimate of drug-likeness (QED) is 0.704. The molecule has 0 aliphatic rings. The van der Waals surface area contributed by atoms with Gasteiger partial charge in [-0.25, -0.2) is 0 Å². The molecule has 1 heterocycles. The highest BCUT2D eigenvalue weighted by atomic mass is 35.5. The van der Waals surface area contributed by atoms with Crippen molar-refractivity contribution in [3.05, 3.63) is 57.2 Å². The van der Waals surface area contributed by atoms with Gasteiger partial charge in [-0.2, -0.15) is 0 Å². The smallest absolute Gasteiger partial charge is 0.314 e. The fourth-order valence-corrected chi connectivity index (χ4v) is 3.36. The molecule has 0 aliphatic heterocycles. The third kappa shape index (κ3) is 6.18. The molecule has 0 fully saturated rings. The lowest BCUT2D eigenvalue weighted by molar-refractivity contribution is -0.151. The van der Waals surface area contributed by atoms with Crippen LogP contribution in [0, 0.1) is 5.92 Å². The highest BCUT2D eigenvalue weighted by Gasteiger charge is 2.26. The zero-order valence-corrected chi connectivity index (χ0v) is 15.9. The number of nitrogens with one attached hydrogen (secondary N) is 1. The second kappa shape index (κ2) is 9.59. The first-order valence-electron chi connectivity index (χ1n) is 8.18. The summed E-state index contributed by atoms with van der Waals surface area (Å²) in [6.07, 6.45) is 0.775. The van der Waals surface area contributed by atoms with Gasteiger partial charge in [0.05, 0.1) is 5.92 Å². The van der Waals surface area contributed by atoms with Crippen molar-refractivity contribution < 1.29 is 14.3 Å². The number of amides is 1. The number of carbonyl (C=O) groups excluding carboxylic acids is 2. The van der Waals surface area contributed by atoms with Crippen LogP contribution in [0.4, 0.5) is 0 Å². The number of esters is 1. The molecule has 0 spiro atoms. The van der Waals surface area contributed by atoms with Crippen molar-refractivity contribution in [1.29, 1.82) is 0 Å². The zero-order chi connectivity index (χ0) is 18.2. The molecule has 1 aromatic heterocycles. The second-order valence-electron chi connectivity index (χ2n) is 6.06. The van der Waals surface area contributed by atoms with Crippen molar-refractivity contribution in [1.82, 2.24) is 5.32 Å². The molecule has 0 aliphatic carbocycles. The topological polar surface area (TPSA) is 55.4 Å². The lowest BCUT2D eigenvalue weighted by atomic mass is 9.88. The van der Waals surface area contributed by atoms with Crippen LogP contribution in [-0.4, -0.2) is 25.0 Å². The fraction of sp³-hybridized carbons (Fsp3) is 0.368. The van der Waals surface area contributed by atoms with Crippen LogP contribution in [0.15, 0.2) is 41.8 Å². The van der Waals surface area contributed by atoms with Crippen LogP contribution in [0.1, 0.15) is 30.2 Å². The molecule has 0 saturated carbocycles. The van der Waals surface area contributed by atoms with Gasteiger partial charge in [0.1, 0.15) is 0 Å². The maximum atomic E-state index is 12.4. The minimum Gasteiger partial charge on any atom is -0.455 e. The summed E-state index contributed by atoms with van der Waals surface area (Å²) in [5.41, 5.74) is 0.836. The Labute approximate surface area is 157 Å². The number of benzene rings is 1. The number of hydrogen-bond donors (Lipinski definition) is 1. The van der Waals surface area contributed by atoms with E-state index in [1.54, 1.807) is 23.5 Å². The van der Waals surface area contributed by atoms with E-state index in [1.165, 1.54) is 4.88 Å². The normalized spacial score (nSPS) is 12.0. The number of hydrogen-bond acceptors (Lipinski definition) is 4. The predicted octanol–water partition coefficient (Wildman–Crippen LogP) is 4.04. The Morgan fingerprint density at radius 3 is 2.52 bits per heavy atom. The molecule has 4 nitrogen and oxygen atoms in total. The molecule has 6 heteroatoms. The van der Waals surface area contributed by atoms with Gasteiger partial charge in [0.25, 0.3) is 5.91 Å². The van der Waals surface area contributed by atoms with E-state index in [-0.39, 0.29) is 18.4 Å². The Kier molecular flexibility index (Phi) is 7.47. The minimum absolute atomic E-state index is 0.0514. The third-order valence-electron chi connectivity index (χ3n) is 3.77. The third-order valence-corrected chi connectivity index (χ3v) is 4.96. The molecule has 0 unspecified atom stereocenters. The Morgan fingerprint density at radius 2 is 1.92 bits per heavy atom. The van der Waals surface area contributed by atoms with Crippen molar-refractivity contribution in [2.45, 2.75) is 26.2 Å². The van der Waals surface area contributed by atoms with Crippen molar-refractivity contribution in [2.24, 2.45) is 5.92 Å². The number of rotatable bonds is 8. The molecular weight excluding hydrogens is 358 g/mol. The molecule has 0 radical (unpaired) electrons. The molecule has 2 aromatic rings. The fourth-order valence-electron chi connectivity index (χ4n) is 2.52. The van der Waals surface area contributed by atoms with E-state index in [0.717, 1.165) is 12.0 Å². The minimum atomic E-state index is -0.420. The lowest BCUT2D eigenvalue weighted by Crippen LogP contribution is -2.32. The molecule has 0 saturated heterocycles. The van der Waals surface area contributed by atoms with Crippen LogP contribution in [0.2, 0.25) is 5.02 Å². The Hall–Kier alpha value is -1.85. The predicted molar refractivity (Wildman–Crippen MR) is 101 cm³/mol. The molecular formula is C19H22ClNO3S. The van der Waals surface area contributed by atoms with Gasteiger partial charge in [-0.15, -0.1) is 11.3 Å². The molecule has 0 bridgehead atoms. The van der Waals surface area contributed by atoms with E-state index in [2.05, 4.69) is 5.32 Å². The van der Waals surface area contributed by atoms with Gasteiger partial charge >= 0.3 is 5.97 Å². The zero-order valence-electron chi connectivity index (χ0n) is 14.3. The molecule has 1 N–H and O–H groups in total. The van der Waals surface area contributed by atoms with E-state index in [4.69, 9.17) is 16.3 Å². The first-order valence-corrected chi connectivity index (χ1v) is 9.44. The highest BCUT2D eigenvalue weighted by Crippen LogP contribution is 2.27. The second-order valence-corrected chi connectivity index (χ2v) is 7.53. The average Bonchev–Trinajstić information content (AvgIpc) is 3.08. The van der Waals surface area contributed by atoms with E-state index >= 15 is 0 Å². The van der Waals surface area contributed by atoms with E-state index < -0.39 is 11.9 Å². The summed E-state index contributed by atoms with van der Waals surface area (Å²) >= 11 is 7.55. The van der Waals surface area contributed by atoms with Gasteiger partial charge in [0.15, 0.2) is 6.61 Å². The highest BCUT2D eigenvalue weighted by molar-refractivity contribution is 7.09. The standard InChI is InChI=1S/C19H22ClNO3S/c1-13(2)18(14-5-7-15(20)8-6-14)19(23)24-12-17(22)21-10-9-16-4-3-11-25-16/h3-8,11,13,18H,9-10,12H2,1-2H3,(H,21,22)/t18-/m1/s1. The summed E-state index contributed by atoms with van der Waals surface area (Å²) in [7, 11) is 0. The molecule has 1 atom stereocenters. The van der Waals surface area contributed by atoms with Gasteiger partial charge in [0.2, 0.25) is 0 Å². The average molecular weight is 380 g/mol. The molecule has 1 aromatic carbocycles. The first kappa shape index (κ1) is 19.5. The summed E-state index contributed by atoms with van der Waals surface area (Å²) < 4.78 is 5.22. The monoisotopic (exact) mass is 379 g/mol. The van der Waals surface area contributed by atoms with Gasteiger partial charge in [-0.3, -0.25) is 9.59 Å².